The summed E-state index contributed by atoms with van der Waals surface area (Å²) in [5.74, 6) is -0.438. The van der Waals surface area contributed by atoms with Gasteiger partial charge in [0.2, 0.25) is 5.91 Å². The first-order valence-corrected chi connectivity index (χ1v) is 7.89. The lowest BCUT2D eigenvalue weighted by molar-refractivity contribution is -0.114. The number of carbonyl (C=O) groups is 1. The van der Waals surface area contributed by atoms with Crippen molar-refractivity contribution in [3.05, 3.63) is 83.1 Å². The van der Waals surface area contributed by atoms with Gasteiger partial charge in [-0.1, -0.05) is 60.7 Å². The molecule has 0 aromatic heterocycles. The van der Waals surface area contributed by atoms with Gasteiger partial charge in [-0.25, -0.2) is 5.43 Å². The highest BCUT2D eigenvalue weighted by Crippen LogP contribution is 2.21. The number of nitrogens with one attached hydrogen (secondary N) is 3. The minimum Gasteiger partial charge on any atom is -0.366 e. The summed E-state index contributed by atoms with van der Waals surface area (Å²) in [6.45, 7) is 2.24. The van der Waals surface area contributed by atoms with E-state index in [2.05, 4.69) is 40.4 Å². The average Bonchev–Trinajstić information content (AvgIpc) is 2.61. The van der Waals surface area contributed by atoms with Crippen molar-refractivity contribution < 1.29 is 4.79 Å². The Morgan fingerprint density at radius 3 is 1.92 bits per heavy atom. The summed E-state index contributed by atoms with van der Waals surface area (Å²) in [6.07, 6.45) is 0. The van der Waals surface area contributed by atoms with Gasteiger partial charge < -0.3 is 16.5 Å². The predicted molar refractivity (Wildman–Crippen MR) is 96.8 cm³/mol. The van der Waals surface area contributed by atoms with Crippen molar-refractivity contribution in [2.24, 2.45) is 5.73 Å². The van der Waals surface area contributed by atoms with Crippen LogP contribution in [0, 0.1) is 0 Å². The first-order chi connectivity index (χ1) is 11.6. The second-order valence-corrected chi connectivity index (χ2v) is 5.52. The minimum absolute atomic E-state index is 0.0499. The first-order valence-electron chi connectivity index (χ1n) is 7.89. The Balaban J connectivity index is 2.24. The molecule has 0 aliphatic rings. The molecule has 5 nitrogen and oxygen atoms in total. The van der Waals surface area contributed by atoms with Crippen LogP contribution in [0.3, 0.4) is 0 Å². The van der Waals surface area contributed by atoms with E-state index >= 15 is 0 Å². The monoisotopic (exact) mass is 324 g/mol. The van der Waals surface area contributed by atoms with E-state index < -0.39 is 5.91 Å². The molecule has 0 aliphatic carbocycles. The van der Waals surface area contributed by atoms with Crippen molar-refractivity contribution in [2.75, 3.05) is 13.6 Å². The number of nitrogens with two attached hydrogens (primary N) is 1. The Hall–Kier alpha value is -2.63. The molecule has 2 rings (SSSR count). The van der Waals surface area contributed by atoms with Gasteiger partial charge in [-0.3, -0.25) is 4.79 Å². The van der Waals surface area contributed by atoms with Crippen molar-refractivity contribution >= 4 is 5.91 Å². The molecule has 0 spiro atoms. The first kappa shape index (κ1) is 17.7. The molecule has 0 radical (unpaired) electrons. The van der Waals surface area contributed by atoms with Gasteiger partial charge in [-0.05, 0) is 25.1 Å². The summed E-state index contributed by atoms with van der Waals surface area (Å²) in [6, 6.07) is 20.2. The van der Waals surface area contributed by atoms with Crippen molar-refractivity contribution in [2.45, 2.75) is 13.0 Å². The maximum Gasteiger partial charge on any atom is 0.247 e. The highest BCUT2D eigenvalue weighted by Gasteiger charge is 2.14. The number of allylic oxidation sites excluding steroid dienone is 1. The zero-order chi connectivity index (χ0) is 17.4. The lowest BCUT2D eigenvalue weighted by atomic mass is 9.99. The van der Waals surface area contributed by atoms with E-state index in [9.17, 15) is 4.79 Å². The molecule has 0 bridgehead atoms. The lowest BCUT2D eigenvalue weighted by Crippen LogP contribution is -2.37. The summed E-state index contributed by atoms with van der Waals surface area (Å²) in [5, 5.41) is 2.95. The number of amides is 1. The van der Waals surface area contributed by atoms with Gasteiger partial charge in [0.25, 0.3) is 0 Å². The molecule has 1 amide bonds. The minimum atomic E-state index is -0.438. The summed E-state index contributed by atoms with van der Waals surface area (Å²) in [7, 11) is 1.78. The van der Waals surface area contributed by atoms with Gasteiger partial charge in [0, 0.05) is 12.2 Å². The molecule has 0 fully saturated rings. The van der Waals surface area contributed by atoms with Crippen LogP contribution in [0.25, 0.3) is 0 Å². The van der Waals surface area contributed by atoms with Gasteiger partial charge >= 0.3 is 0 Å². The fourth-order valence-corrected chi connectivity index (χ4v) is 2.49. The number of benzene rings is 2. The smallest absolute Gasteiger partial charge is 0.247 e. The maximum atomic E-state index is 11.6. The zero-order valence-electron chi connectivity index (χ0n) is 14.0. The molecule has 5 N–H and O–H groups in total. The van der Waals surface area contributed by atoms with Crippen LogP contribution >= 0.6 is 0 Å². The third-order valence-electron chi connectivity index (χ3n) is 3.77. The molecule has 24 heavy (non-hydrogen) atoms. The molecule has 2 aromatic carbocycles. The molecule has 0 aliphatic heterocycles. The lowest BCUT2D eigenvalue weighted by Gasteiger charge is -2.22. The molecule has 0 saturated heterocycles. The molecule has 0 unspecified atom stereocenters. The van der Waals surface area contributed by atoms with Crippen LogP contribution in [-0.4, -0.2) is 19.5 Å². The van der Waals surface area contributed by atoms with Crippen LogP contribution in [0.15, 0.2) is 71.9 Å². The Morgan fingerprint density at radius 2 is 1.50 bits per heavy atom. The Kier molecular flexibility index (Phi) is 6.54. The highest BCUT2D eigenvalue weighted by atomic mass is 16.1. The molecule has 2 aromatic rings. The van der Waals surface area contributed by atoms with E-state index in [0.29, 0.717) is 17.8 Å². The molecule has 0 atom stereocenters. The molecule has 0 saturated carbocycles. The number of rotatable bonds is 8. The Morgan fingerprint density at radius 1 is 1.00 bits per heavy atom. The Bertz CT molecular complexity index is 644. The van der Waals surface area contributed by atoms with E-state index in [-0.39, 0.29) is 6.04 Å². The van der Waals surface area contributed by atoms with Crippen LogP contribution in [0.5, 0.6) is 0 Å². The fourth-order valence-electron chi connectivity index (χ4n) is 2.49. The summed E-state index contributed by atoms with van der Waals surface area (Å²) < 4.78 is 0. The number of carbonyl (C=O) groups excluding carboxylic acids is 1. The third-order valence-corrected chi connectivity index (χ3v) is 3.77. The fraction of sp³-hybridized carbons (Fsp3) is 0.211. The van der Waals surface area contributed by atoms with Gasteiger partial charge in [0.15, 0.2) is 0 Å². The summed E-state index contributed by atoms with van der Waals surface area (Å²) in [5.41, 5.74) is 15.4. The number of likely N-dealkylation sites (N-methyl/N-ethyl adjacent to an activating group) is 1. The second kappa shape index (κ2) is 8.86. The average molecular weight is 324 g/mol. The number of hydrogen-bond acceptors (Lipinski definition) is 4. The van der Waals surface area contributed by atoms with Gasteiger partial charge in [-0.2, -0.15) is 0 Å². The normalized spacial score (nSPS) is 12.0. The Labute approximate surface area is 142 Å². The largest absolute Gasteiger partial charge is 0.366 e. The third kappa shape index (κ3) is 4.68. The van der Waals surface area contributed by atoms with Gasteiger partial charge in [0.05, 0.1) is 11.6 Å². The van der Waals surface area contributed by atoms with Crippen LogP contribution in [0.1, 0.15) is 24.1 Å². The van der Waals surface area contributed by atoms with E-state index in [0.717, 1.165) is 11.1 Å². The van der Waals surface area contributed by atoms with Crippen LogP contribution in [0.2, 0.25) is 0 Å². The predicted octanol–water partition coefficient (Wildman–Crippen LogP) is 1.85. The SMILES string of the molecule is CNC/C(C(N)=O)=C(\C)NNC(c1ccccc1)c1ccccc1. The van der Waals surface area contributed by atoms with Gasteiger partial charge in [-0.15, -0.1) is 0 Å². The van der Waals surface area contributed by atoms with Crippen molar-refractivity contribution in [3.63, 3.8) is 0 Å². The van der Waals surface area contributed by atoms with Crippen molar-refractivity contribution in [3.8, 4) is 0 Å². The number of hydrazine groups is 1. The second-order valence-electron chi connectivity index (χ2n) is 5.52. The van der Waals surface area contributed by atoms with E-state index in [1.54, 1.807) is 7.05 Å². The molecule has 0 heterocycles. The summed E-state index contributed by atoms with van der Waals surface area (Å²) >= 11 is 0. The van der Waals surface area contributed by atoms with E-state index in [1.807, 2.05) is 43.3 Å². The topological polar surface area (TPSA) is 79.2 Å². The summed E-state index contributed by atoms with van der Waals surface area (Å²) in [4.78, 5) is 11.6. The maximum absolute atomic E-state index is 11.6. The number of primary amides is 1. The number of hydrogen-bond donors (Lipinski definition) is 4. The van der Waals surface area contributed by atoms with Crippen LogP contribution in [-0.2, 0) is 4.79 Å². The van der Waals surface area contributed by atoms with E-state index in [1.165, 1.54) is 0 Å². The molecule has 126 valence electrons. The van der Waals surface area contributed by atoms with E-state index in [4.69, 9.17) is 5.73 Å². The zero-order valence-corrected chi connectivity index (χ0v) is 14.0. The van der Waals surface area contributed by atoms with Crippen molar-refractivity contribution in [1.82, 2.24) is 16.2 Å². The van der Waals surface area contributed by atoms with Crippen LogP contribution in [0.4, 0.5) is 0 Å². The quantitative estimate of drug-likeness (QED) is 0.441. The highest BCUT2D eigenvalue weighted by molar-refractivity contribution is 5.93. The van der Waals surface area contributed by atoms with Gasteiger partial charge in [0.1, 0.15) is 0 Å². The van der Waals surface area contributed by atoms with Crippen molar-refractivity contribution in [1.29, 1.82) is 0 Å². The van der Waals surface area contributed by atoms with Crippen LogP contribution < -0.4 is 21.9 Å². The molecule has 5 heteroatoms. The molecular formula is C19H24N4O. The standard InChI is InChI=1S/C19H24N4O/c1-14(17(13-21-2)19(20)24)22-23-18(15-9-5-3-6-10-15)16-11-7-4-8-12-16/h3-12,18,21-23H,13H2,1-2H3,(H2,20,24)/b17-14-. The molecular weight excluding hydrogens is 300 g/mol.